The predicted octanol–water partition coefficient (Wildman–Crippen LogP) is 4.85. The summed E-state index contributed by atoms with van der Waals surface area (Å²) < 4.78 is 28.4. The van der Waals surface area contributed by atoms with Crippen LogP contribution in [-0.4, -0.2) is 24.3 Å². The number of furan rings is 1. The molecule has 5 rings (SSSR count). The van der Waals surface area contributed by atoms with E-state index in [1.54, 1.807) is 30.3 Å². The number of carbonyl (C=O) groups is 1. The van der Waals surface area contributed by atoms with E-state index in [0.29, 0.717) is 34.7 Å². The van der Waals surface area contributed by atoms with Gasteiger partial charge in [-0.2, -0.15) is 0 Å². The Morgan fingerprint density at radius 2 is 1.90 bits per heavy atom. The van der Waals surface area contributed by atoms with Crippen LogP contribution in [0.5, 0.6) is 23.0 Å². The Kier molecular flexibility index (Phi) is 5.09. The Morgan fingerprint density at radius 3 is 2.81 bits per heavy atom. The fourth-order valence-corrected chi connectivity index (χ4v) is 3.96. The number of thiazole rings is 1. The van der Waals surface area contributed by atoms with Crippen molar-refractivity contribution in [2.75, 3.05) is 18.7 Å². The van der Waals surface area contributed by atoms with Crippen molar-refractivity contribution in [1.29, 1.82) is 0 Å². The fraction of sp³-hybridized carbons (Fsp3) is 0.182. The van der Waals surface area contributed by atoms with E-state index in [9.17, 15) is 4.79 Å². The predicted molar refractivity (Wildman–Crippen MR) is 114 cm³/mol. The van der Waals surface area contributed by atoms with Gasteiger partial charge in [-0.1, -0.05) is 11.3 Å². The van der Waals surface area contributed by atoms with Gasteiger partial charge >= 0.3 is 0 Å². The summed E-state index contributed by atoms with van der Waals surface area (Å²) in [7, 11) is 0. The summed E-state index contributed by atoms with van der Waals surface area (Å²) in [5.74, 6) is 3.04. The molecular weight excluding hydrogens is 420 g/mol. The van der Waals surface area contributed by atoms with Crippen molar-refractivity contribution in [2.45, 2.75) is 13.5 Å². The minimum Gasteiger partial charge on any atom is -0.494 e. The molecule has 0 spiro atoms. The molecule has 9 heteroatoms. The molecule has 3 heterocycles. The summed E-state index contributed by atoms with van der Waals surface area (Å²) in [6, 6.07) is 14.3. The summed E-state index contributed by atoms with van der Waals surface area (Å²) in [4.78, 5) is 17.0. The van der Waals surface area contributed by atoms with Crippen LogP contribution in [0.4, 0.5) is 5.13 Å². The Bertz CT molecular complexity index is 1250. The van der Waals surface area contributed by atoms with Gasteiger partial charge in [0.1, 0.15) is 23.9 Å². The summed E-state index contributed by atoms with van der Waals surface area (Å²) in [5, 5.41) is 3.27. The molecule has 1 N–H and O–H groups in total. The van der Waals surface area contributed by atoms with Crippen molar-refractivity contribution in [3.05, 3.63) is 60.1 Å². The largest absolute Gasteiger partial charge is 0.494 e. The Morgan fingerprint density at radius 1 is 1.06 bits per heavy atom. The highest BCUT2D eigenvalue weighted by Gasteiger charge is 2.16. The number of fused-ring (bicyclic) bond motifs is 2. The molecule has 2 aromatic heterocycles. The van der Waals surface area contributed by atoms with Gasteiger partial charge in [-0.3, -0.25) is 10.1 Å². The topological polar surface area (TPSA) is 92.1 Å². The minimum absolute atomic E-state index is 0.175. The van der Waals surface area contributed by atoms with Gasteiger partial charge in [0, 0.05) is 6.07 Å². The van der Waals surface area contributed by atoms with Crippen molar-refractivity contribution >= 4 is 32.6 Å². The van der Waals surface area contributed by atoms with Gasteiger partial charge in [-0.05, 0) is 49.4 Å². The van der Waals surface area contributed by atoms with E-state index in [1.165, 1.54) is 11.3 Å². The van der Waals surface area contributed by atoms with Gasteiger partial charge in [0.05, 0.1) is 16.8 Å². The number of carbonyl (C=O) groups excluding carboxylic acids is 1. The monoisotopic (exact) mass is 438 g/mol. The van der Waals surface area contributed by atoms with Gasteiger partial charge in [0.15, 0.2) is 22.4 Å². The SMILES string of the molecule is CCOc1ccc2nc(NC(=O)c3ccc(COc4ccc5c(c4)OCO5)o3)sc2c1. The Balaban J connectivity index is 1.22. The number of hydrogen-bond donors (Lipinski definition) is 1. The van der Waals surface area contributed by atoms with E-state index in [4.69, 9.17) is 23.4 Å². The zero-order chi connectivity index (χ0) is 21.2. The maximum Gasteiger partial charge on any atom is 0.293 e. The van der Waals surface area contributed by atoms with Crippen molar-refractivity contribution < 1.29 is 28.2 Å². The fourth-order valence-electron chi connectivity index (χ4n) is 3.07. The number of amides is 1. The number of hydrogen-bond acceptors (Lipinski definition) is 8. The van der Waals surface area contributed by atoms with E-state index < -0.39 is 0 Å². The molecule has 0 bridgehead atoms. The molecular formula is C22H18N2O6S. The standard InChI is InChI=1S/C22H18N2O6S/c1-2-26-14-3-6-16-20(10-14)31-22(23-16)24-21(25)18-8-5-15(30-18)11-27-13-4-7-17-19(9-13)29-12-28-17/h3-10H,2,11-12H2,1H3,(H,23,24,25). The second-order valence-corrected chi connectivity index (χ2v) is 7.64. The summed E-state index contributed by atoms with van der Waals surface area (Å²) in [6.45, 7) is 2.90. The number of ether oxygens (including phenoxy) is 4. The molecule has 8 nitrogen and oxygen atoms in total. The third-order valence-corrected chi connectivity index (χ3v) is 5.44. The highest BCUT2D eigenvalue weighted by Crippen LogP contribution is 2.35. The molecule has 0 atom stereocenters. The highest BCUT2D eigenvalue weighted by atomic mass is 32.1. The lowest BCUT2D eigenvalue weighted by Crippen LogP contribution is -2.10. The number of nitrogens with zero attached hydrogens (tertiary/aromatic N) is 1. The molecule has 4 aromatic rings. The van der Waals surface area contributed by atoms with Gasteiger partial charge in [0.25, 0.3) is 5.91 Å². The van der Waals surface area contributed by atoms with Crippen LogP contribution in [0.15, 0.2) is 52.9 Å². The maximum atomic E-state index is 12.5. The number of aromatic nitrogens is 1. The number of rotatable bonds is 7. The van der Waals surface area contributed by atoms with E-state index >= 15 is 0 Å². The Hall–Kier alpha value is -3.72. The zero-order valence-corrected chi connectivity index (χ0v) is 17.4. The van der Waals surface area contributed by atoms with Crippen molar-refractivity contribution in [3.8, 4) is 23.0 Å². The van der Waals surface area contributed by atoms with Gasteiger partial charge in [0.2, 0.25) is 6.79 Å². The average Bonchev–Trinajstić information content (AvgIpc) is 3.50. The van der Waals surface area contributed by atoms with Crippen molar-refractivity contribution in [3.63, 3.8) is 0 Å². The lowest BCUT2D eigenvalue weighted by atomic mass is 10.3. The van der Waals surface area contributed by atoms with Crippen LogP contribution in [0.1, 0.15) is 23.2 Å². The molecule has 0 saturated carbocycles. The maximum absolute atomic E-state index is 12.5. The first-order valence-corrected chi connectivity index (χ1v) is 10.5. The van der Waals surface area contributed by atoms with Crippen LogP contribution >= 0.6 is 11.3 Å². The van der Waals surface area contributed by atoms with Crippen LogP contribution in [0, 0.1) is 0 Å². The molecule has 0 aliphatic carbocycles. The van der Waals surface area contributed by atoms with E-state index in [-0.39, 0.29) is 25.1 Å². The van der Waals surface area contributed by atoms with E-state index in [0.717, 1.165) is 16.0 Å². The average molecular weight is 438 g/mol. The molecule has 158 valence electrons. The third-order valence-electron chi connectivity index (χ3n) is 4.50. The van der Waals surface area contributed by atoms with Crippen LogP contribution in [0.3, 0.4) is 0 Å². The van der Waals surface area contributed by atoms with Crippen LogP contribution in [0.25, 0.3) is 10.2 Å². The molecule has 1 aliphatic heterocycles. The normalized spacial score (nSPS) is 12.2. The van der Waals surface area contributed by atoms with Gasteiger partial charge < -0.3 is 23.4 Å². The second kappa shape index (κ2) is 8.19. The summed E-state index contributed by atoms with van der Waals surface area (Å²) in [5.41, 5.74) is 0.793. The second-order valence-electron chi connectivity index (χ2n) is 6.61. The van der Waals surface area contributed by atoms with Crippen LogP contribution in [0.2, 0.25) is 0 Å². The smallest absolute Gasteiger partial charge is 0.293 e. The summed E-state index contributed by atoms with van der Waals surface area (Å²) >= 11 is 1.37. The lowest BCUT2D eigenvalue weighted by Gasteiger charge is -2.05. The Labute approximate surface area is 181 Å². The third kappa shape index (κ3) is 4.13. The first-order chi connectivity index (χ1) is 15.2. The number of benzene rings is 2. The zero-order valence-electron chi connectivity index (χ0n) is 16.5. The van der Waals surface area contributed by atoms with Crippen molar-refractivity contribution in [1.82, 2.24) is 4.98 Å². The molecule has 0 fully saturated rings. The first-order valence-electron chi connectivity index (χ1n) is 9.64. The number of anilines is 1. The van der Waals surface area contributed by atoms with Crippen molar-refractivity contribution in [2.24, 2.45) is 0 Å². The van der Waals surface area contributed by atoms with E-state index in [2.05, 4.69) is 10.3 Å². The molecule has 31 heavy (non-hydrogen) atoms. The molecule has 0 radical (unpaired) electrons. The van der Waals surface area contributed by atoms with Gasteiger partial charge in [-0.15, -0.1) is 0 Å². The van der Waals surface area contributed by atoms with E-state index in [1.807, 2.05) is 25.1 Å². The number of nitrogens with one attached hydrogen (secondary N) is 1. The minimum atomic E-state index is -0.376. The molecule has 2 aromatic carbocycles. The highest BCUT2D eigenvalue weighted by molar-refractivity contribution is 7.22. The summed E-state index contributed by atoms with van der Waals surface area (Å²) in [6.07, 6.45) is 0. The van der Waals surface area contributed by atoms with Crippen LogP contribution in [-0.2, 0) is 6.61 Å². The molecule has 1 aliphatic rings. The lowest BCUT2D eigenvalue weighted by molar-refractivity contribution is 0.0992. The molecule has 0 saturated heterocycles. The van der Waals surface area contributed by atoms with Gasteiger partial charge in [-0.25, -0.2) is 4.98 Å². The first kappa shape index (κ1) is 19.3. The molecule has 0 unspecified atom stereocenters. The molecule has 1 amide bonds. The quantitative estimate of drug-likeness (QED) is 0.441. The van der Waals surface area contributed by atoms with Crippen LogP contribution < -0.4 is 24.3 Å².